The molecule has 1 unspecified atom stereocenters. The van der Waals surface area contributed by atoms with Crippen molar-refractivity contribution in [3.63, 3.8) is 0 Å². The van der Waals surface area contributed by atoms with Gasteiger partial charge in [-0.1, -0.05) is 13.8 Å². The lowest BCUT2D eigenvalue weighted by Crippen LogP contribution is -2.17. The second-order valence-electron chi connectivity index (χ2n) is 6.08. The van der Waals surface area contributed by atoms with Crippen LogP contribution >= 0.6 is 0 Å². The predicted molar refractivity (Wildman–Crippen MR) is 74.7 cm³/mol. The molecule has 0 spiro atoms. The summed E-state index contributed by atoms with van der Waals surface area (Å²) in [7, 11) is -4.50. The van der Waals surface area contributed by atoms with Gasteiger partial charge in [-0.15, -0.1) is 0 Å². The van der Waals surface area contributed by atoms with Crippen molar-refractivity contribution in [3.8, 4) is 0 Å². The van der Waals surface area contributed by atoms with E-state index in [0.717, 1.165) is 24.9 Å². The van der Waals surface area contributed by atoms with Crippen molar-refractivity contribution in [2.45, 2.75) is 49.8 Å². The van der Waals surface area contributed by atoms with Gasteiger partial charge in [0.15, 0.2) is 0 Å². The molecule has 0 saturated heterocycles. The summed E-state index contributed by atoms with van der Waals surface area (Å²) >= 11 is 0. The van der Waals surface area contributed by atoms with E-state index < -0.39 is 15.6 Å². The summed E-state index contributed by atoms with van der Waals surface area (Å²) < 4.78 is 47.4. The van der Waals surface area contributed by atoms with E-state index in [1.54, 1.807) is 12.1 Å². The SMILES string of the molecule is CC1(C)CCC(Nc2ccc(S(=O)(=O)C(F)F)cc2)C1. The van der Waals surface area contributed by atoms with Gasteiger partial charge in [0.2, 0.25) is 9.84 Å². The summed E-state index contributed by atoms with van der Waals surface area (Å²) in [6.45, 7) is 4.43. The monoisotopic (exact) mass is 303 g/mol. The molecule has 0 bridgehead atoms. The Hall–Kier alpha value is -1.17. The first-order valence-electron chi connectivity index (χ1n) is 6.59. The third-order valence-corrected chi connectivity index (χ3v) is 5.16. The molecule has 0 aromatic heterocycles. The molecule has 2 rings (SSSR count). The highest BCUT2D eigenvalue weighted by atomic mass is 32.2. The van der Waals surface area contributed by atoms with Crippen molar-refractivity contribution in [3.05, 3.63) is 24.3 Å². The number of halogens is 2. The van der Waals surface area contributed by atoms with Crippen molar-refractivity contribution in [1.29, 1.82) is 0 Å². The van der Waals surface area contributed by atoms with Gasteiger partial charge in [-0.2, -0.15) is 8.78 Å². The molecule has 0 aliphatic heterocycles. The standard InChI is InChI=1S/C14H19F2NO2S/c1-14(2)8-7-11(9-14)17-10-3-5-12(6-4-10)20(18,19)13(15)16/h3-6,11,13,17H,7-9H2,1-2H3. The highest BCUT2D eigenvalue weighted by Crippen LogP contribution is 2.38. The minimum Gasteiger partial charge on any atom is -0.382 e. The zero-order valence-corrected chi connectivity index (χ0v) is 12.4. The van der Waals surface area contributed by atoms with E-state index in [9.17, 15) is 17.2 Å². The molecule has 112 valence electrons. The first-order chi connectivity index (χ1) is 9.21. The van der Waals surface area contributed by atoms with Gasteiger partial charge in [0.1, 0.15) is 0 Å². The van der Waals surface area contributed by atoms with E-state index >= 15 is 0 Å². The first kappa shape index (κ1) is 15.2. The maximum Gasteiger partial charge on any atom is 0.341 e. The van der Waals surface area contributed by atoms with Gasteiger partial charge >= 0.3 is 5.76 Å². The normalized spacial score (nSPS) is 22.1. The quantitative estimate of drug-likeness (QED) is 0.923. The van der Waals surface area contributed by atoms with Gasteiger partial charge in [0.05, 0.1) is 4.90 Å². The Morgan fingerprint density at radius 1 is 1.25 bits per heavy atom. The van der Waals surface area contributed by atoms with Crippen molar-refractivity contribution in [2.24, 2.45) is 5.41 Å². The summed E-state index contributed by atoms with van der Waals surface area (Å²) in [5.74, 6) is -3.38. The number of hydrogen-bond donors (Lipinski definition) is 1. The second kappa shape index (κ2) is 5.31. The van der Waals surface area contributed by atoms with E-state index in [1.807, 2.05) is 0 Å². The van der Waals surface area contributed by atoms with Crippen LogP contribution in [-0.2, 0) is 9.84 Å². The summed E-state index contributed by atoms with van der Waals surface area (Å²) in [5, 5.41) is 3.32. The molecule has 1 aromatic carbocycles. The fraction of sp³-hybridized carbons (Fsp3) is 0.571. The Kier molecular flexibility index (Phi) is 4.04. The topological polar surface area (TPSA) is 46.2 Å². The molecule has 0 radical (unpaired) electrons. The number of alkyl halides is 2. The molecule has 1 aromatic rings. The number of rotatable bonds is 4. The van der Waals surface area contributed by atoms with Crippen LogP contribution in [0, 0.1) is 5.41 Å². The van der Waals surface area contributed by atoms with E-state index in [0.29, 0.717) is 11.5 Å². The largest absolute Gasteiger partial charge is 0.382 e. The molecule has 1 aliphatic rings. The zero-order chi connectivity index (χ0) is 15.0. The minimum absolute atomic E-state index is 0.316. The fourth-order valence-electron chi connectivity index (χ4n) is 2.64. The summed E-state index contributed by atoms with van der Waals surface area (Å²) in [5.41, 5.74) is 1.08. The molecule has 3 nitrogen and oxygen atoms in total. The van der Waals surface area contributed by atoms with Crippen molar-refractivity contribution >= 4 is 15.5 Å². The Bertz CT molecular complexity index is 567. The Balaban J connectivity index is 2.06. The molecule has 1 saturated carbocycles. The number of hydrogen-bond acceptors (Lipinski definition) is 3. The van der Waals surface area contributed by atoms with Crippen LogP contribution in [0.1, 0.15) is 33.1 Å². The highest BCUT2D eigenvalue weighted by Gasteiger charge is 2.31. The number of nitrogens with one attached hydrogen (secondary N) is 1. The van der Waals surface area contributed by atoms with Crippen molar-refractivity contribution in [2.75, 3.05) is 5.32 Å². The van der Waals surface area contributed by atoms with Crippen LogP contribution in [0.3, 0.4) is 0 Å². The minimum atomic E-state index is -4.50. The van der Waals surface area contributed by atoms with Crippen LogP contribution in [0.25, 0.3) is 0 Å². The lowest BCUT2D eigenvalue weighted by Gasteiger charge is -2.18. The third-order valence-electron chi connectivity index (χ3n) is 3.76. The lowest BCUT2D eigenvalue weighted by molar-refractivity contribution is 0.234. The third kappa shape index (κ3) is 3.29. The molecular formula is C14H19F2NO2S. The van der Waals surface area contributed by atoms with Gasteiger partial charge in [0, 0.05) is 11.7 Å². The molecule has 1 atom stereocenters. The second-order valence-corrected chi connectivity index (χ2v) is 8.00. The average molecular weight is 303 g/mol. The Morgan fingerprint density at radius 3 is 2.30 bits per heavy atom. The molecule has 0 amide bonds. The zero-order valence-electron chi connectivity index (χ0n) is 11.6. The Morgan fingerprint density at radius 2 is 1.85 bits per heavy atom. The molecule has 1 aliphatic carbocycles. The van der Waals surface area contributed by atoms with E-state index in [4.69, 9.17) is 0 Å². The van der Waals surface area contributed by atoms with Crippen LogP contribution in [0.4, 0.5) is 14.5 Å². The van der Waals surface area contributed by atoms with E-state index in [-0.39, 0.29) is 4.90 Å². The van der Waals surface area contributed by atoms with Crippen LogP contribution in [-0.4, -0.2) is 20.2 Å². The molecule has 6 heteroatoms. The fourth-order valence-corrected chi connectivity index (χ4v) is 3.36. The summed E-state index contributed by atoms with van der Waals surface area (Å²) in [6, 6.07) is 5.89. The number of benzene rings is 1. The first-order valence-corrected chi connectivity index (χ1v) is 8.14. The predicted octanol–water partition coefficient (Wildman–Crippen LogP) is 3.67. The van der Waals surface area contributed by atoms with Crippen LogP contribution in [0.5, 0.6) is 0 Å². The molecule has 1 fully saturated rings. The maximum absolute atomic E-state index is 12.4. The smallest absolute Gasteiger partial charge is 0.341 e. The van der Waals surface area contributed by atoms with Gasteiger partial charge < -0.3 is 5.32 Å². The van der Waals surface area contributed by atoms with Crippen molar-refractivity contribution < 1.29 is 17.2 Å². The number of anilines is 1. The summed E-state index contributed by atoms with van der Waals surface area (Å²) in [4.78, 5) is -0.343. The number of sulfone groups is 1. The molecule has 20 heavy (non-hydrogen) atoms. The molecular weight excluding hydrogens is 284 g/mol. The Labute approximate surface area is 118 Å². The van der Waals surface area contributed by atoms with Crippen molar-refractivity contribution in [1.82, 2.24) is 0 Å². The van der Waals surface area contributed by atoms with Gasteiger partial charge in [0.25, 0.3) is 0 Å². The highest BCUT2D eigenvalue weighted by molar-refractivity contribution is 7.91. The lowest BCUT2D eigenvalue weighted by atomic mass is 9.92. The van der Waals surface area contributed by atoms with Gasteiger partial charge in [-0.25, -0.2) is 8.42 Å². The van der Waals surface area contributed by atoms with Gasteiger partial charge in [-0.3, -0.25) is 0 Å². The molecule has 1 N–H and O–H groups in total. The van der Waals surface area contributed by atoms with E-state index in [1.165, 1.54) is 12.1 Å². The van der Waals surface area contributed by atoms with Crippen LogP contribution in [0.2, 0.25) is 0 Å². The van der Waals surface area contributed by atoms with Crippen LogP contribution in [0.15, 0.2) is 29.2 Å². The van der Waals surface area contributed by atoms with Crippen LogP contribution < -0.4 is 5.32 Å². The molecule has 0 heterocycles. The van der Waals surface area contributed by atoms with E-state index in [2.05, 4.69) is 19.2 Å². The average Bonchev–Trinajstić information content (AvgIpc) is 2.69. The van der Waals surface area contributed by atoms with Gasteiger partial charge in [-0.05, 0) is 48.9 Å². The maximum atomic E-state index is 12.4. The summed E-state index contributed by atoms with van der Waals surface area (Å²) in [6.07, 6.45) is 3.25.